The molecule has 0 spiro atoms. The Morgan fingerprint density at radius 3 is 2.53 bits per heavy atom. The van der Waals surface area contributed by atoms with Crippen LogP contribution in [0.15, 0.2) is 76.8 Å². The number of halogens is 2. The van der Waals surface area contributed by atoms with Crippen LogP contribution in [0.25, 0.3) is 5.69 Å². The van der Waals surface area contributed by atoms with E-state index in [4.69, 9.17) is 23.2 Å². The molecule has 4 aromatic rings. The summed E-state index contributed by atoms with van der Waals surface area (Å²) in [5.41, 5.74) is 2.18. The average molecular weight is 564 g/mol. The van der Waals surface area contributed by atoms with Gasteiger partial charge in [0.2, 0.25) is 10.0 Å². The van der Waals surface area contributed by atoms with Gasteiger partial charge in [-0.15, -0.1) is 10.2 Å². The van der Waals surface area contributed by atoms with E-state index in [9.17, 15) is 18.5 Å². The summed E-state index contributed by atoms with van der Waals surface area (Å²) in [6.07, 6.45) is 0. The predicted octanol–water partition coefficient (Wildman–Crippen LogP) is 5.56. The largest absolute Gasteiger partial charge is 0.289 e. The quantitative estimate of drug-likeness (QED) is 0.161. The smallest absolute Gasteiger partial charge is 0.273 e. The van der Waals surface area contributed by atoms with Crippen molar-refractivity contribution < 1.29 is 13.3 Å². The number of nitro benzene ring substituents is 1. The SMILES string of the molecule is Cc1ccc(Cl)cc1-n1c(CNS(=O)(=O)c2ccc(Cl)c([N+](=O)[O-])c2)nnc1SCc1ccccc1. The summed E-state index contributed by atoms with van der Waals surface area (Å²) in [7, 11) is -4.12. The second kappa shape index (κ2) is 11.0. The van der Waals surface area contributed by atoms with Crippen molar-refractivity contribution in [3.05, 3.63) is 104 Å². The molecule has 1 aromatic heterocycles. The Bertz CT molecular complexity index is 1530. The van der Waals surface area contributed by atoms with E-state index in [-0.39, 0.29) is 16.5 Å². The van der Waals surface area contributed by atoms with E-state index in [2.05, 4.69) is 14.9 Å². The van der Waals surface area contributed by atoms with Gasteiger partial charge in [-0.3, -0.25) is 14.7 Å². The molecule has 0 aliphatic rings. The predicted molar refractivity (Wildman–Crippen MR) is 139 cm³/mol. The number of hydrogen-bond acceptors (Lipinski definition) is 7. The van der Waals surface area contributed by atoms with Crippen LogP contribution in [0, 0.1) is 17.0 Å². The van der Waals surface area contributed by atoms with E-state index in [1.807, 2.05) is 43.3 Å². The third kappa shape index (κ3) is 5.88. The van der Waals surface area contributed by atoms with E-state index in [1.165, 1.54) is 23.9 Å². The average Bonchev–Trinajstić information content (AvgIpc) is 3.26. The number of nitrogens with zero attached hydrogens (tertiary/aromatic N) is 4. The zero-order chi connectivity index (χ0) is 25.9. The first-order valence-corrected chi connectivity index (χ1v) is 13.7. The maximum atomic E-state index is 12.9. The van der Waals surface area contributed by atoms with Gasteiger partial charge >= 0.3 is 0 Å². The second-order valence-electron chi connectivity index (χ2n) is 7.63. The fraction of sp³-hybridized carbons (Fsp3) is 0.130. The number of sulfonamides is 1. The zero-order valence-corrected chi connectivity index (χ0v) is 21.9. The fourth-order valence-corrected chi connectivity index (χ4v) is 5.61. The van der Waals surface area contributed by atoms with Crippen LogP contribution in [0.1, 0.15) is 17.0 Å². The van der Waals surface area contributed by atoms with Crippen molar-refractivity contribution in [2.75, 3.05) is 0 Å². The van der Waals surface area contributed by atoms with Crippen molar-refractivity contribution in [2.24, 2.45) is 0 Å². The molecule has 0 amide bonds. The zero-order valence-electron chi connectivity index (χ0n) is 18.8. The van der Waals surface area contributed by atoms with Crippen molar-refractivity contribution in [1.29, 1.82) is 0 Å². The highest BCUT2D eigenvalue weighted by molar-refractivity contribution is 7.98. The minimum Gasteiger partial charge on any atom is -0.273 e. The lowest BCUT2D eigenvalue weighted by Crippen LogP contribution is -2.25. The number of hydrogen-bond donors (Lipinski definition) is 1. The molecule has 36 heavy (non-hydrogen) atoms. The van der Waals surface area contributed by atoms with Gasteiger partial charge in [-0.05, 0) is 42.3 Å². The Kier molecular flexibility index (Phi) is 7.96. The summed E-state index contributed by atoms with van der Waals surface area (Å²) in [6, 6.07) is 18.5. The van der Waals surface area contributed by atoms with Gasteiger partial charge in [-0.25, -0.2) is 13.1 Å². The first-order chi connectivity index (χ1) is 17.2. The fourth-order valence-electron chi connectivity index (χ4n) is 3.34. The Morgan fingerprint density at radius 1 is 1.06 bits per heavy atom. The van der Waals surface area contributed by atoms with E-state index < -0.39 is 20.6 Å². The van der Waals surface area contributed by atoms with Crippen LogP contribution in [-0.2, 0) is 22.3 Å². The highest BCUT2D eigenvalue weighted by atomic mass is 35.5. The van der Waals surface area contributed by atoms with Gasteiger partial charge in [-0.1, -0.05) is 71.4 Å². The number of aryl methyl sites for hydroxylation is 1. The molecule has 3 aromatic carbocycles. The number of nitro groups is 1. The molecule has 1 heterocycles. The summed E-state index contributed by atoms with van der Waals surface area (Å²) < 4.78 is 30.0. The maximum absolute atomic E-state index is 12.9. The lowest BCUT2D eigenvalue weighted by atomic mass is 10.2. The van der Waals surface area contributed by atoms with Gasteiger partial charge in [0.25, 0.3) is 5.69 Å². The Hall–Kier alpha value is -2.96. The lowest BCUT2D eigenvalue weighted by molar-refractivity contribution is -0.384. The first-order valence-electron chi connectivity index (χ1n) is 10.5. The minimum absolute atomic E-state index is 0.157. The summed E-state index contributed by atoms with van der Waals surface area (Å²) in [5, 5.41) is 20.6. The van der Waals surface area contributed by atoms with Crippen molar-refractivity contribution in [2.45, 2.75) is 29.3 Å². The van der Waals surface area contributed by atoms with Gasteiger partial charge in [0.05, 0.1) is 22.1 Å². The monoisotopic (exact) mass is 563 g/mol. The molecule has 186 valence electrons. The summed E-state index contributed by atoms with van der Waals surface area (Å²) in [4.78, 5) is 10.1. The van der Waals surface area contributed by atoms with Crippen molar-refractivity contribution in [3.63, 3.8) is 0 Å². The van der Waals surface area contributed by atoms with E-state index in [0.29, 0.717) is 27.4 Å². The van der Waals surface area contributed by atoms with Crippen LogP contribution >= 0.6 is 35.0 Å². The maximum Gasteiger partial charge on any atom is 0.289 e. The molecule has 0 aliphatic carbocycles. The summed E-state index contributed by atoms with van der Waals surface area (Å²) in [5.74, 6) is 0.946. The molecule has 0 unspecified atom stereocenters. The first kappa shape index (κ1) is 26.1. The van der Waals surface area contributed by atoms with E-state index >= 15 is 0 Å². The number of aromatic nitrogens is 3. The van der Waals surface area contributed by atoms with Gasteiger partial charge < -0.3 is 0 Å². The number of benzene rings is 3. The highest BCUT2D eigenvalue weighted by Crippen LogP contribution is 2.30. The van der Waals surface area contributed by atoms with Gasteiger partial charge in [0, 0.05) is 16.8 Å². The van der Waals surface area contributed by atoms with Crippen molar-refractivity contribution in [3.8, 4) is 5.69 Å². The molecule has 0 atom stereocenters. The molecule has 9 nitrogen and oxygen atoms in total. The van der Waals surface area contributed by atoms with E-state index in [1.54, 1.807) is 16.7 Å². The third-order valence-corrected chi connectivity index (χ3v) is 8.12. The molecule has 13 heteroatoms. The Morgan fingerprint density at radius 2 is 1.81 bits per heavy atom. The molecular weight excluding hydrogens is 545 g/mol. The van der Waals surface area contributed by atoms with Crippen LogP contribution < -0.4 is 4.72 Å². The highest BCUT2D eigenvalue weighted by Gasteiger charge is 2.23. The number of rotatable bonds is 9. The molecule has 0 saturated heterocycles. The Balaban J connectivity index is 1.66. The molecule has 1 N–H and O–H groups in total. The Labute approximate surface area is 221 Å². The molecule has 0 saturated carbocycles. The van der Waals surface area contributed by atoms with Crippen molar-refractivity contribution >= 4 is 50.7 Å². The van der Waals surface area contributed by atoms with Crippen LogP contribution in [0.3, 0.4) is 0 Å². The van der Waals surface area contributed by atoms with Crippen LogP contribution in [0.4, 0.5) is 5.69 Å². The molecule has 4 rings (SSSR count). The van der Waals surface area contributed by atoms with Crippen LogP contribution in [0.2, 0.25) is 10.0 Å². The molecular formula is C23H19Cl2N5O4S2. The summed E-state index contributed by atoms with van der Waals surface area (Å²) in [6.45, 7) is 1.68. The van der Waals surface area contributed by atoms with Crippen LogP contribution in [-0.4, -0.2) is 28.1 Å². The second-order valence-corrected chi connectivity index (χ2v) is 11.2. The molecule has 0 aliphatic heterocycles. The van der Waals surface area contributed by atoms with Gasteiger partial charge in [0.15, 0.2) is 11.0 Å². The third-order valence-electron chi connectivity index (χ3n) is 5.17. The number of thioether (sulfide) groups is 1. The molecule has 0 fully saturated rings. The normalized spacial score (nSPS) is 11.5. The standard InChI is InChI=1S/C23H19Cl2N5O4S2/c1-15-7-8-17(24)11-20(15)29-22(27-28-23(29)35-14-16-5-3-2-4-6-16)13-26-36(33,34)18-9-10-19(25)21(12-18)30(31)32/h2-12,26H,13-14H2,1H3. The topological polar surface area (TPSA) is 120 Å². The van der Waals surface area contributed by atoms with E-state index in [0.717, 1.165) is 17.2 Å². The van der Waals surface area contributed by atoms with Gasteiger partial charge in [0.1, 0.15) is 5.02 Å². The molecule has 0 bridgehead atoms. The lowest BCUT2D eigenvalue weighted by Gasteiger charge is -2.14. The van der Waals surface area contributed by atoms with Crippen molar-refractivity contribution in [1.82, 2.24) is 19.5 Å². The molecule has 0 radical (unpaired) electrons. The summed E-state index contributed by atoms with van der Waals surface area (Å²) >= 11 is 13.5. The van der Waals surface area contributed by atoms with Gasteiger partial charge in [-0.2, -0.15) is 0 Å². The minimum atomic E-state index is -4.12. The van der Waals surface area contributed by atoms with Crippen LogP contribution in [0.5, 0.6) is 0 Å². The number of nitrogens with one attached hydrogen (secondary N) is 1.